The van der Waals surface area contributed by atoms with Crippen molar-refractivity contribution in [3.8, 4) is 11.3 Å². The number of benzene rings is 1. The van der Waals surface area contributed by atoms with Crippen molar-refractivity contribution in [2.45, 2.75) is 0 Å². The third kappa shape index (κ3) is 2.32. The fourth-order valence-corrected chi connectivity index (χ4v) is 2.02. The van der Waals surface area contributed by atoms with Crippen molar-refractivity contribution in [3.63, 3.8) is 0 Å². The molecular formula is C11H7BrCl2N2. The van der Waals surface area contributed by atoms with E-state index in [9.17, 15) is 0 Å². The van der Waals surface area contributed by atoms with Gasteiger partial charge in [0.15, 0.2) is 0 Å². The van der Waals surface area contributed by atoms with Gasteiger partial charge in [0.1, 0.15) is 5.82 Å². The molecule has 2 N–H and O–H groups in total. The second-order valence-electron chi connectivity index (χ2n) is 3.19. The molecule has 0 amide bonds. The van der Waals surface area contributed by atoms with Crippen LogP contribution in [0.3, 0.4) is 0 Å². The Morgan fingerprint density at radius 1 is 1.06 bits per heavy atom. The minimum Gasteiger partial charge on any atom is -0.382 e. The molecule has 0 aliphatic rings. The quantitative estimate of drug-likeness (QED) is 0.846. The molecule has 0 spiro atoms. The van der Waals surface area contributed by atoms with Gasteiger partial charge in [-0.3, -0.25) is 0 Å². The molecular weight excluding hydrogens is 311 g/mol. The number of hydrogen-bond donors (Lipinski definition) is 1. The van der Waals surface area contributed by atoms with Gasteiger partial charge in [-0.1, -0.05) is 51.3 Å². The van der Waals surface area contributed by atoms with Crippen LogP contribution in [-0.2, 0) is 0 Å². The SMILES string of the molecule is Nc1nc(-c2ccc(Br)cc2)c(Cl)cc1Cl. The van der Waals surface area contributed by atoms with E-state index in [1.807, 2.05) is 24.3 Å². The van der Waals surface area contributed by atoms with Gasteiger partial charge in [-0.25, -0.2) is 4.98 Å². The van der Waals surface area contributed by atoms with E-state index in [-0.39, 0.29) is 5.82 Å². The van der Waals surface area contributed by atoms with E-state index in [1.54, 1.807) is 6.07 Å². The van der Waals surface area contributed by atoms with Crippen LogP contribution in [0, 0.1) is 0 Å². The third-order valence-corrected chi connectivity index (χ3v) is 3.19. The minimum absolute atomic E-state index is 0.281. The molecule has 1 aromatic carbocycles. The standard InChI is InChI=1S/C11H7BrCl2N2/c12-7-3-1-6(2-4-7)10-8(13)5-9(14)11(15)16-10/h1-5H,(H2,15,16). The second kappa shape index (κ2) is 4.62. The second-order valence-corrected chi connectivity index (χ2v) is 4.92. The maximum atomic E-state index is 6.06. The Labute approximate surface area is 112 Å². The van der Waals surface area contributed by atoms with Crippen molar-refractivity contribution < 1.29 is 0 Å². The minimum atomic E-state index is 0.281. The number of aromatic nitrogens is 1. The van der Waals surface area contributed by atoms with Crippen LogP contribution in [0.25, 0.3) is 11.3 Å². The zero-order valence-corrected chi connectivity index (χ0v) is 11.1. The van der Waals surface area contributed by atoms with Crippen molar-refractivity contribution in [1.82, 2.24) is 4.98 Å². The molecule has 5 heteroatoms. The van der Waals surface area contributed by atoms with E-state index >= 15 is 0 Å². The molecule has 82 valence electrons. The summed E-state index contributed by atoms with van der Waals surface area (Å²) in [5.74, 6) is 0.281. The normalized spacial score (nSPS) is 10.4. The summed E-state index contributed by atoms with van der Waals surface area (Å²) in [5.41, 5.74) is 7.18. The number of nitrogens with zero attached hydrogens (tertiary/aromatic N) is 1. The molecule has 16 heavy (non-hydrogen) atoms. The van der Waals surface area contributed by atoms with E-state index in [1.165, 1.54) is 0 Å². The summed E-state index contributed by atoms with van der Waals surface area (Å²) in [6.45, 7) is 0. The highest BCUT2D eigenvalue weighted by Crippen LogP contribution is 2.31. The zero-order valence-electron chi connectivity index (χ0n) is 8.05. The largest absolute Gasteiger partial charge is 0.382 e. The van der Waals surface area contributed by atoms with Crippen LogP contribution < -0.4 is 5.73 Å². The number of rotatable bonds is 1. The van der Waals surface area contributed by atoms with E-state index in [0.717, 1.165) is 10.0 Å². The predicted molar refractivity (Wildman–Crippen MR) is 71.8 cm³/mol. The van der Waals surface area contributed by atoms with Crippen LogP contribution in [0.15, 0.2) is 34.8 Å². The number of hydrogen-bond acceptors (Lipinski definition) is 2. The molecule has 2 nitrogen and oxygen atoms in total. The lowest BCUT2D eigenvalue weighted by Crippen LogP contribution is -1.94. The van der Waals surface area contributed by atoms with Crippen molar-refractivity contribution in [1.29, 1.82) is 0 Å². The average molecular weight is 318 g/mol. The molecule has 2 rings (SSSR count). The summed E-state index contributed by atoms with van der Waals surface area (Å²) in [6, 6.07) is 9.25. The first kappa shape index (κ1) is 11.7. The number of anilines is 1. The molecule has 0 unspecified atom stereocenters. The first-order chi connectivity index (χ1) is 7.58. The fourth-order valence-electron chi connectivity index (χ4n) is 1.29. The summed E-state index contributed by atoms with van der Waals surface area (Å²) >= 11 is 15.2. The lowest BCUT2D eigenvalue weighted by Gasteiger charge is -2.06. The Hall–Kier alpha value is -0.770. The Morgan fingerprint density at radius 3 is 2.31 bits per heavy atom. The molecule has 0 saturated heterocycles. The van der Waals surface area contributed by atoms with Gasteiger partial charge in [0.25, 0.3) is 0 Å². The van der Waals surface area contributed by atoms with Crippen molar-refractivity contribution in [2.75, 3.05) is 5.73 Å². The average Bonchev–Trinajstić information content (AvgIpc) is 2.25. The topological polar surface area (TPSA) is 38.9 Å². The van der Waals surface area contributed by atoms with Gasteiger partial charge in [0, 0.05) is 10.0 Å². The number of nitrogen functional groups attached to an aromatic ring is 1. The molecule has 0 aliphatic carbocycles. The summed E-state index contributed by atoms with van der Waals surface area (Å²) in [6.07, 6.45) is 0. The summed E-state index contributed by atoms with van der Waals surface area (Å²) in [4.78, 5) is 4.17. The Bertz CT molecular complexity index is 526. The van der Waals surface area contributed by atoms with E-state index in [2.05, 4.69) is 20.9 Å². The van der Waals surface area contributed by atoms with Crippen LogP contribution in [0.5, 0.6) is 0 Å². The molecule has 0 radical (unpaired) electrons. The van der Waals surface area contributed by atoms with Crippen LogP contribution in [-0.4, -0.2) is 4.98 Å². The monoisotopic (exact) mass is 316 g/mol. The van der Waals surface area contributed by atoms with E-state index in [0.29, 0.717) is 15.7 Å². The van der Waals surface area contributed by atoms with Crippen LogP contribution in [0.2, 0.25) is 10.0 Å². The molecule has 0 aliphatic heterocycles. The van der Waals surface area contributed by atoms with Crippen molar-refractivity contribution in [2.24, 2.45) is 0 Å². The smallest absolute Gasteiger partial charge is 0.143 e. The van der Waals surface area contributed by atoms with Gasteiger partial charge in [-0.05, 0) is 18.2 Å². The van der Waals surface area contributed by atoms with Crippen molar-refractivity contribution in [3.05, 3.63) is 44.8 Å². The third-order valence-electron chi connectivity index (χ3n) is 2.07. The van der Waals surface area contributed by atoms with Crippen LogP contribution in [0.1, 0.15) is 0 Å². The lowest BCUT2D eigenvalue weighted by atomic mass is 10.1. The molecule has 2 aromatic rings. The predicted octanol–water partition coefficient (Wildman–Crippen LogP) is 4.40. The molecule has 1 heterocycles. The van der Waals surface area contributed by atoms with Gasteiger partial charge >= 0.3 is 0 Å². The first-order valence-corrected chi connectivity index (χ1v) is 6.00. The molecule has 0 bridgehead atoms. The highest BCUT2D eigenvalue weighted by Gasteiger charge is 2.08. The number of nitrogens with two attached hydrogens (primary N) is 1. The fraction of sp³-hybridized carbons (Fsp3) is 0. The first-order valence-electron chi connectivity index (χ1n) is 4.45. The highest BCUT2D eigenvalue weighted by atomic mass is 79.9. The van der Waals surface area contributed by atoms with Crippen LogP contribution in [0.4, 0.5) is 5.82 Å². The Morgan fingerprint density at radius 2 is 1.69 bits per heavy atom. The Kier molecular flexibility index (Phi) is 3.38. The summed E-state index contributed by atoms with van der Waals surface area (Å²) in [7, 11) is 0. The number of halogens is 3. The van der Waals surface area contributed by atoms with Gasteiger partial charge in [-0.15, -0.1) is 0 Å². The van der Waals surface area contributed by atoms with E-state index < -0.39 is 0 Å². The molecule has 1 aromatic heterocycles. The summed E-state index contributed by atoms with van der Waals surface area (Å²) < 4.78 is 0.995. The highest BCUT2D eigenvalue weighted by molar-refractivity contribution is 9.10. The lowest BCUT2D eigenvalue weighted by molar-refractivity contribution is 1.33. The van der Waals surface area contributed by atoms with Gasteiger partial charge < -0.3 is 5.73 Å². The summed E-state index contributed by atoms with van der Waals surface area (Å²) in [5, 5.41) is 0.854. The Balaban J connectivity index is 2.56. The zero-order chi connectivity index (χ0) is 11.7. The number of pyridine rings is 1. The van der Waals surface area contributed by atoms with Crippen molar-refractivity contribution >= 4 is 44.9 Å². The maximum absolute atomic E-state index is 6.06. The van der Waals surface area contributed by atoms with Gasteiger partial charge in [0.05, 0.1) is 15.7 Å². The molecule has 0 atom stereocenters. The van der Waals surface area contributed by atoms with E-state index in [4.69, 9.17) is 28.9 Å². The van der Waals surface area contributed by atoms with Gasteiger partial charge in [-0.2, -0.15) is 0 Å². The maximum Gasteiger partial charge on any atom is 0.143 e. The van der Waals surface area contributed by atoms with Crippen LogP contribution >= 0.6 is 39.1 Å². The van der Waals surface area contributed by atoms with Gasteiger partial charge in [0.2, 0.25) is 0 Å². The molecule has 0 fully saturated rings. The molecule has 0 saturated carbocycles.